The van der Waals surface area contributed by atoms with Crippen molar-refractivity contribution in [2.75, 3.05) is 19.7 Å². The van der Waals surface area contributed by atoms with E-state index in [2.05, 4.69) is 11.8 Å². The van der Waals surface area contributed by atoms with E-state index in [0.29, 0.717) is 23.9 Å². The van der Waals surface area contributed by atoms with E-state index in [-0.39, 0.29) is 12.2 Å². The average Bonchev–Trinajstić information content (AvgIpc) is 2.54. The molecule has 1 fully saturated rings. The number of piperidine rings is 1. The summed E-state index contributed by atoms with van der Waals surface area (Å²) in [5.74, 6) is 0.599. The number of rotatable bonds is 5. The highest BCUT2D eigenvalue weighted by Gasteiger charge is 2.21. The number of ether oxygens (including phenoxy) is 1. The van der Waals surface area contributed by atoms with Gasteiger partial charge in [0, 0.05) is 30.1 Å². The Labute approximate surface area is 141 Å². The molecule has 1 aromatic carbocycles. The Hall–Kier alpha value is -1.85. The molecular weight excluding hydrogens is 306 g/mol. The second kappa shape index (κ2) is 7.36. The lowest BCUT2D eigenvalue weighted by Gasteiger charge is -2.34. The van der Waals surface area contributed by atoms with E-state index in [1.807, 2.05) is 19.1 Å². The average molecular weight is 331 g/mol. The summed E-state index contributed by atoms with van der Waals surface area (Å²) < 4.78 is 10.9. The van der Waals surface area contributed by atoms with Crippen molar-refractivity contribution in [3.8, 4) is 5.75 Å². The fraction of sp³-hybridized carbons (Fsp3) is 0.526. The maximum Gasteiger partial charge on any atom is 0.336 e. The van der Waals surface area contributed by atoms with Gasteiger partial charge in [0.15, 0.2) is 0 Å². The molecule has 2 heterocycles. The van der Waals surface area contributed by atoms with E-state index >= 15 is 0 Å². The Balaban J connectivity index is 1.61. The van der Waals surface area contributed by atoms with E-state index < -0.39 is 6.10 Å². The Morgan fingerprint density at radius 2 is 2.21 bits per heavy atom. The van der Waals surface area contributed by atoms with Crippen molar-refractivity contribution in [2.24, 2.45) is 0 Å². The zero-order valence-corrected chi connectivity index (χ0v) is 14.3. The van der Waals surface area contributed by atoms with Crippen LogP contribution in [0.25, 0.3) is 11.0 Å². The fourth-order valence-corrected chi connectivity index (χ4v) is 3.34. The van der Waals surface area contributed by atoms with Gasteiger partial charge in [-0.25, -0.2) is 4.79 Å². The van der Waals surface area contributed by atoms with Crippen LogP contribution in [-0.4, -0.2) is 41.8 Å². The van der Waals surface area contributed by atoms with Crippen LogP contribution in [0.15, 0.2) is 33.5 Å². The molecule has 1 aromatic heterocycles. The summed E-state index contributed by atoms with van der Waals surface area (Å²) in [6, 6.07) is 7.42. The van der Waals surface area contributed by atoms with Crippen LogP contribution in [0, 0.1) is 6.92 Å². The molecule has 0 bridgehead atoms. The van der Waals surface area contributed by atoms with Crippen LogP contribution >= 0.6 is 0 Å². The number of likely N-dealkylation sites (tertiary alicyclic amines) is 1. The molecule has 1 saturated heterocycles. The van der Waals surface area contributed by atoms with Crippen molar-refractivity contribution in [3.05, 3.63) is 40.2 Å². The van der Waals surface area contributed by atoms with Crippen molar-refractivity contribution in [3.63, 3.8) is 0 Å². The van der Waals surface area contributed by atoms with E-state index in [4.69, 9.17) is 9.15 Å². The smallest absolute Gasteiger partial charge is 0.336 e. The second-order valence-corrected chi connectivity index (χ2v) is 6.71. The number of aliphatic hydroxyl groups excluding tert-OH is 1. The van der Waals surface area contributed by atoms with Crippen molar-refractivity contribution in [2.45, 2.75) is 45.3 Å². The van der Waals surface area contributed by atoms with Crippen LogP contribution in [0.4, 0.5) is 0 Å². The Bertz CT molecular complexity index is 755. The summed E-state index contributed by atoms with van der Waals surface area (Å²) in [4.78, 5) is 13.8. The van der Waals surface area contributed by atoms with Crippen molar-refractivity contribution in [1.82, 2.24) is 4.90 Å². The summed E-state index contributed by atoms with van der Waals surface area (Å²) in [6.07, 6.45) is 3.12. The van der Waals surface area contributed by atoms with Crippen LogP contribution in [0.3, 0.4) is 0 Å². The zero-order chi connectivity index (χ0) is 17.1. The molecule has 0 radical (unpaired) electrons. The second-order valence-electron chi connectivity index (χ2n) is 6.71. The molecule has 5 heteroatoms. The first-order valence-electron chi connectivity index (χ1n) is 8.62. The molecule has 2 atom stereocenters. The van der Waals surface area contributed by atoms with Gasteiger partial charge in [-0.2, -0.15) is 0 Å². The van der Waals surface area contributed by atoms with Crippen LogP contribution in [0.2, 0.25) is 0 Å². The van der Waals surface area contributed by atoms with Gasteiger partial charge in [-0.1, -0.05) is 6.42 Å². The van der Waals surface area contributed by atoms with Gasteiger partial charge in [-0.15, -0.1) is 0 Å². The molecule has 0 unspecified atom stereocenters. The summed E-state index contributed by atoms with van der Waals surface area (Å²) in [7, 11) is 0. The van der Waals surface area contributed by atoms with E-state index in [9.17, 15) is 9.90 Å². The summed E-state index contributed by atoms with van der Waals surface area (Å²) >= 11 is 0. The van der Waals surface area contributed by atoms with Crippen LogP contribution in [-0.2, 0) is 0 Å². The van der Waals surface area contributed by atoms with Gasteiger partial charge < -0.3 is 14.3 Å². The van der Waals surface area contributed by atoms with Crippen LogP contribution < -0.4 is 10.4 Å². The minimum absolute atomic E-state index is 0.227. The Morgan fingerprint density at radius 3 is 3.00 bits per heavy atom. The number of hydrogen-bond acceptors (Lipinski definition) is 5. The molecule has 5 nitrogen and oxygen atoms in total. The van der Waals surface area contributed by atoms with Crippen molar-refractivity contribution >= 4 is 11.0 Å². The first-order chi connectivity index (χ1) is 11.5. The molecule has 0 spiro atoms. The molecule has 0 amide bonds. The van der Waals surface area contributed by atoms with Gasteiger partial charge in [-0.3, -0.25) is 4.90 Å². The first kappa shape index (κ1) is 17.0. The van der Waals surface area contributed by atoms with Gasteiger partial charge in [0.2, 0.25) is 0 Å². The Kier molecular flexibility index (Phi) is 5.21. The molecule has 3 rings (SSSR count). The van der Waals surface area contributed by atoms with E-state index in [0.717, 1.165) is 17.5 Å². The highest BCUT2D eigenvalue weighted by atomic mass is 16.5. The van der Waals surface area contributed by atoms with E-state index in [1.54, 1.807) is 6.07 Å². The third kappa shape index (κ3) is 3.97. The molecule has 0 saturated carbocycles. The zero-order valence-electron chi connectivity index (χ0n) is 14.3. The van der Waals surface area contributed by atoms with Gasteiger partial charge >= 0.3 is 5.63 Å². The lowest BCUT2D eigenvalue weighted by molar-refractivity contribution is 0.0438. The molecule has 1 aliphatic rings. The maximum atomic E-state index is 11.5. The number of benzene rings is 1. The first-order valence-corrected chi connectivity index (χ1v) is 8.62. The molecule has 24 heavy (non-hydrogen) atoms. The maximum absolute atomic E-state index is 11.5. The molecule has 0 aliphatic carbocycles. The summed E-state index contributed by atoms with van der Waals surface area (Å²) in [5.41, 5.74) is 1.03. The standard InChI is InChI=1S/C19H25NO4/c1-13-9-19(22)24-18-10-16(6-7-17(13)18)23-12-15(21)11-20-8-4-3-5-14(20)2/h6-7,9-10,14-15,21H,3-5,8,11-12H2,1-2H3/t14-,15+/m0/s1. The quantitative estimate of drug-likeness (QED) is 0.854. The Morgan fingerprint density at radius 1 is 1.38 bits per heavy atom. The van der Waals surface area contributed by atoms with Gasteiger partial charge in [0.1, 0.15) is 24.0 Å². The highest BCUT2D eigenvalue weighted by molar-refractivity contribution is 5.81. The number of fused-ring (bicyclic) bond motifs is 1. The molecule has 1 aliphatic heterocycles. The molecule has 1 N–H and O–H groups in total. The van der Waals surface area contributed by atoms with Gasteiger partial charge in [0.05, 0.1) is 0 Å². The predicted octanol–water partition coefficient (Wildman–Crippen LogP) is 2.72. The fourth-order valence-electron chi connectivity index (χ4n) is 3.34. The topological polar surface area (TPSA) is 62.9 Å². The summed E-state index contributed by atoms with van der Waals surface area (Å²) in [5, 5.41) is 11.1. The van der Waals surface area contributed by atoms with Gasteiger partial charge in [0.25, 0.3) is 0 Å². The largest absolute Gasteiger partial charge is 0.491 e. The number of aryl methyl sites for hydroxylation is 1. The summed E-state index contributed by atoms with van der Waals surface area (Å²) in [6.45, 7) is 5.98. The normalized spacial score (nSPS) is 20.2. The monoisotopic (exact) mass is 331 g/mol. The molecule has 2 aromatic rings. The van der Waals surface area contributed by atoms with Crippen molar-refractivity contribution in [1.29, 1.82) is 0 Å². The highest BCUT2D eigenvalue weighted by Crippen LogP contribution is 2.22. The number of β-amino-alcohol motifs (C(OH)–C–C–N with tert-alkyl or cyclic N) is 1. The minimum atomic E-state index is -0.536. The number of nitrogens with zero attached hydrogens (tertiary/aromatic N) is 1. The molecule has 130 valence electrons. The van der Waals surface area contributed by atoms with Crippen LogP contribution in [0.1, 0.15) is 31.7 Å². The SMILES string of the molecule is Cc1cc(=O)oc2cc(OC[C@H](O)CN3CCCC[C@@H]3C)ccc12. The third-order valence-corrected chi connectivity index (χ3v) is 4.75. The lowest BCUT2D eigenvalue weighted by atomic mass is 10.0. The third-order valence-electron chi connectivity index (χ3n) is 4.75. The minimum Gasteiger partial charge on any atom is -0.491 e. The number of aliphatic hydroxyl groups is 1. The van der Waals surface area contributed by atoms with E-state index in [1.165, 1.54) is 25.3 Å². The lowest BCUT2D eigenvalue weighted by Crippen LogP contribution is -2.43. The van der Waals surface area contributed by atoms with Crippen molar-refractivity contribution < 1.29 is 14.3 Å². The molecular formula is C19H25NO4. The van der Waals surface area contributed by atoms with Gasteiger partial charge in [-0.05, 0) is 50.9 Å². The number of hydrogen-bond donors (Lipinski definition) is 1. The van der Waals surface area contributed by atoms with Crippen LogP contribution in [0.5, 0.6) is 5.75 Å². The predicted molar refractivity (Wildman–Crippen MR) is 93.6 cm³/mol.